The highest BCUT2D eigenvalue weighted by molar-refractivity contribution is 5.80. The van der Waals surface area contributed by atoms with Gasteiger partial charge in [-0.1, -0.05) is 36.4 Å². The fraction of sp³-hybridized carbons (Fsp3) is 0.455. The lowest BCUT2D eigenvalue weighted by Crippen LogP contribution is -2.37. The van der Waals surface area contributed by atoms with Gasteiger partial charge < -0.3 is 5.32 Å². The summed E-state index contributed by atoms with van der Waals surface area (Å²) < 4.78 is 0. The van der Waals surface area contributed by atoms with Gasteiger partial charge in [-0.05, 0) is 56.3 Å². The monoisotopic (exact) mass is 349 g/mol. The number of aromatic nitrogens is 1. The second-order valence-corrected chi connectivity index (χ2v) is 7.43. The van der Waals surface area contributed by atoms with Gasteiger partial charge in [0, 0.05) is 30.5 Å². The van der Waals surface area contributed by atoms with Crippen molar-refractivity contribution in [1.29, 1.82) is 0 Å². The standard InChI is InChI=1S/C22H27N3O/c26-22(24-14-6-11-18-10-4-5-13-23-18)19-16-21(17-8-2-1-3-9-17)25-15-7-12-20(19)25/h1-5,8-10,13,19-21H,6-7,11-12,14-16H2,(H,24,26)/t19-,20+,21-/m0/s1. The Kier molecular flexibility index (Phi) is 5.30. The van der Waals surface area contributed by atoms with Crippen molar-refractivity contribution in [2.45, 2.75) is 44.2 Å². The zero-order valence-corrected chi connectivity index (χ0v) is 15.2. The molecule has 1 amide bonds. The lowest BCUT2D eigenvalue weighted by Gasteiger charge is -2.24. The van der Waals surface area contributed by atoms with Crippen LogP contribution in [-0.2, 0) is 11.2 Å². The molecule has 0 aliphatic carbocycles. The smallest absolute Gasteiger partial charge is 0.224 e. The molecule has 2 aromatic rings. The molecule has 0 radical (unpaired) electrons. The molecule has 1 N–H and O–H groups in total. The lowest BCUT2D eigenvalue weighted by atomic mass is 9.93. The highest BCUT2D eigenvalue weighted by Crippen LogP contribution is 2.44. The van der Waals surface area contributed by atoms with E-state index >= 15 is 0 Å². The minimum atomic E-state index is 0.123. The Morgan fingerprint density at radius 3 is 2.81 bits per heavy atom. The van der Waals surface area contributed by atoms with Crippen molar-refractivity contribution < 1.29 is 4.79 Å². The molecule has 136 valence electrons. The van der Waals surface area contributed by atoms with Gasteiger partial charge >= 0.3 is 0 Å². The average Bonchev–Trinajstić information content (AvgIpc) is 3.29. The third-order valence-electron chi connectivity index (χ3n) is 5.84. The molecular weight excluding hydrogens is 322 g/mol. The van der Waals surface area contributed by atoms with Gasteiger partial charge in [0.25, 0.3) is 0 Å². The average molecular weight is 349 g/mol. The molecule has 3 heterocycles. The van der Waals surface area contributed by atoms with Gasteiger partial charge in [0.2, 0.25) is 5.91 Å². The van der Waals surface area contributed by atoms with Gasteiger partial charge in [-0.15, -0.1) is 0 Å². The molecule has 2 aliphatic rings. The van der Waals surface area contributed by atoms with E-state index in [1.807, 2.05) is 24.4 Å². The van der Waals surface area contributed by atoms with E-state index in [0.717, 1.165) is 44.5 Å². The number of carbonyl (C=O) groups excluding carboxylic acids is 1. The fourth-order valence-corrected chi connectivity index (χ4v) is 4.61. The van der Waals surface area contributed by atoms with Crippen LogP contribution in [0, 0.1) is 5.92 Å². The Hall–Kier alpha value is -2.20. The summed E-state index contributed by atoms with van der Waals surface area (Å²) >= 11 is 0. The van der Waals surface area contributed by atoms with Crippen LogP contribution in [-0.4, -0.2) is 34.9 Å². The van der Waals surface area contributed by atoms with Crippen LogP contribution < -0.4 is 5.32 Å². The molecule has 4 nitrogen and oxygen atoms in total. The summed E-state index contributed by atoms with van der Waals surface area (Å²) in [6.45, 7) is 1.85. The number of carbonyl (C=O) groups is 1. The largest absolute Gasteiger partial charge is 0.356 e. The Labute approximate surface area is 155 Å². The summed E-state index contributed by atoms with van der Waals surface area (Å²) in [6, 6.07) is 17.5. The van der Waals surface area contributed by atoms with Crippen LogP contribution in [0.1, 0.15) is 43.0 Å². The molecule has 2 fully saturated rings. The van der Waals surface area contributed by atoms with Crippen molar-refractivity contribution in [1.82, 2.24) is 15.2 Å². The summed E-state index contributed by atoms with van der Waals surface area (Å²) in [7, 11) is 0. The highest BCUT2D eigenvalue weighted by Gasteiger charge is 2.46. The summed E-state index contributed by atoms with van der Waals surface area (Å²) in [4.78, 5) is 19.7. The van der Waals surface area contributed by atoms with E-state index in [4.69, 9.17) is 0 Å². The first-order chi connectivity index (χ1) is 12.8. The molecule has 0 bridgehead atoms. The van der Waals surface area contributed by atoms with Gasteiger partial charge in [0.05, 0.1) is 5.92 Å². The van der Waals surface area contributed by atoms with Crippen LogP contribution in [0.3, 0.4) is 0 Å². The van der Waals surface area contributed by atoms with Gasteiger partial charge in [-0.25, -0.2) is 0 Å². The number of hydrogen-bond acceptors (Lipinski definition) is 3. The molecule has 4 rings (SSSR count). The third-order valence-corrected chi connectivity index (χ3v) is 5.84. The van der Waals surface area contributed by atoms with E-state index < -0.39 is 0 Å². The van der Waals surface area contributed by atoms with E-state index in [1.54, 1.807) is 0 Å². The predicted molar refractivity (Wildman–Crippen MR) is 103 cm³/mol. The SMILES string of the molecule is O=C(NCCCc1ccccn1)[C@H]1C[C@@H](c2ccccc2)N2CCC[C@H]12. The maximum atomic E-state index is 12.8. The second-order valence-electron chi connectivity index (χ2n) is 7.43. The first kappa shape index (κ1) is 17.2. The van der Waals surface area contributed by atoms with E-state index in [0.29, 0.717) is 12.1 Å². The number of nitrogens with zero attached hydrogens (tertiary/aromatic N) is 2. The summed E-state index contributed by atoms with van der Waals surface area (Å²) in [5.41, 5.74) is 2.44. The first-order valence-corrected chi connectivity index (χ1v) is 9.81. The molecule has 4 heteroatoms. The summed E-state index contributed by atoms with van der Waals surface area (Å²) in [5.74, 6) is 0.360. The van der Waals surface area contributed by atoms with E-state index in [-0.39, 0.29) is 11.8 Å². The lowest BCUT2D eigenvalue weighted by molar-refractivity contribution is -0.125. The Morgan fingerprint density at radius 1 is 1.15 bits per heavy atom. The molecule has 3 atom stereocenters. The quantitative estimate of drug-likeness (QED) is 0.814. The number of benzene rings is 1. The second kappa shape index (κ2) is 8.00. The topological polar surface area (TPSA) is 45.2 Å². The van der Waals surface area contributed by atoms with Gasteiger partial charge in [-0.3, -0.25) is 14.7 Å². The molecule has 0 saturated carbocycles. The van der Waals surface area contributed by atoms with Gasteiger partial charge in [-0.2, -0.15) is 0 Å². The molecule has 0 unspecified atom stereocenters. The van der Waals surface area contributed by atoms with Crippen LogP contribution in [0.25, 0.3) is 0 Å². The molecule has 2 aliphatic heterocycles. The van der Waals surface area contributed by atoms with Crippen molar-refractivity contribution in [3.63, 3.8) is 0 Å². The van der Waals surface area contributed by atoms with Crippen molar-refractivity contribution in [3.05, 3.63) is 66.0 Å². The zero-order chi connectivity index (χ0) is 17.8. The van der Waals surface area contributed by atoms with Gasteiger partial charge in [0.1, 0.15) is 0 Å². The van der Waals surface area contributed by atoms with Crippen molar-refractivity contribution in [2.75, 3.05) is 13.1 Å². The summed E-state index contributed by atoms with van der Waals surface area (Å²) in [5, 5.41) is 3.19. The van der Waals surface area contributed by atoms with Crippen LogP contribution in [0.15, 0.2) is 54.7 Å². The molecule has 2 saturated heterocycles. The number of pyridine rings is 1. The van der Waals surface area contributed by atoms with Crippen LogP contribution in [0.5, 0.6) is 0 Å². The van der Waals surface area contributed by atoms with Crippen LogP contribution >= 0.6 is 0 Å². The fourth-order valence-electron chi connectivity index (χ4n) is 4.61. The Balaban J connectivity index is 1.33. The molecule has 1 aromatic heterocycles. The molecule has 26 heavy (non-hydrogen) atoms. The van der Waals surface area contributed by atoms with Crippen LogP contribution in [0.2, 0.25) is 0 Å². The van der Waals surface area contributed by atoms with Gasteiger partial charge in [0.15, 0.2) is 0 Å². The normalized spacial score (nSPS) is 25.2. The predicted octanol–water partition coefficient (Wildman–Crippen LogP) is 3.36. The molecular formula is C22H27N3O. The van der Waals surface area contributed by atoms with E-state index in [9.17, 15) is 4.79 Å². The number of rotatable bonds is 6. The minimum absolute atomic E-state index is 0.123. The number of hydrogen-bond donors (Lipinski definition) is 1. The van der Waals surface area contributed by atoms with E-state index in [1.165, 1.54) is 12.0 Å². The summed E-state index contributed by atoms with van der Waals surface area (Å²) in [6.07, 6.45) is 6.97. The Morgan fingerprint density at radius 2 is 2.00 bits per heavy atom. The van der Waals surface area contributed by atoms with E-state index in [2.05, 4.69) is 45.5 Å². The molecule has 0 spiro atoms. The maximum Gasteiger partial charge on any atom is 0.224 e. The van der Waals surface area contributed by atoms with Crippen molar-refractivity contribution in [3.8, 4) is 0 Å². The number of nitrogens with one attached hydrogen (secondary N) is 1. The maximum absolute atomic E-state index is 12.8. The first-order valence-electron chi connectivity index (χ1n) is 9.81. The van der Waals surface area contributed by atoms with Crippen molar-refractivity contribution in [2.24, 2.45) is 5.92 Å². The molecule has 1 aromatic carbocycles. The number of amides is 1. The highest BCUT2D eigenvalue weighted by atomic mass is 16.2. The zero-order valence-electron chi connectivity index (χ0n) is 15.2. The number of aryl methyl sites for hydroxylation is 1. The van der Waals surface area contributed by atoms with Crippen molar-refractivity contribution >= 4 is 5.91 Å². The number of fused-ring (bicyclic) bond motifs is 1. The minimum Gasteiger partial charge on any atom is -0.356 e. The van der Waals surface area contributed by atoms with Crippen LogP contribution in [0.4, 0.5) is 0 Å². The third kappa shape index (κ3) is 3.65. The Bertz CT molecular complexity index is 719.